The van der Waals surface area contributed by atoms with Gasteiger partial charge in [0, 0.05) is 19.6 Å². The van der Waals surface area contributed by atoms with Crippen molar-refractivity contribution in [3.8, 4) is 0 Å². The van der Waals surface area contributed by atoms with E-state index in [4.69, 9.17) is 0 Å². The second kappa shape index (κ2) is 5.52. The molecule has 2 rings (SSSR count). The highest BCUT2D eigenvalue weighted by atomic mass is 32.1. The first-order valence-corrected chi connectivity index (χ1v) is 6.67. The maximum atomic E-state index is 4.42. The van der Waals surface area contributed by atoms with Crippen LogP contribution < -0.4 is 5.32 Å². The maximum absolute atomic E-state index is 4.42. The molecule has 0 fully saturated rings. The molecule has 2 aromatic carbocycles. The van der Waals surface area contributed by atoms with Crippen LogP contribution in [0.4, 0.5) is 11.4 Å². The number of thiol groups is 4. The van der Waals surface area contributed by atoms with Gasteiger partial charge in [0.2, 0.25) is 0 Å². The van der Waals surface area contributed by atoms with Crippen LogP contribution in [-0.4, -0.2) is 0 Å². The van der Waals surface area contributed by atoms with Crippen molar-refractivity contribution in [3.05, 3.63) is 36.4 Å². The SMILES string of the molecule is Sc1cc(S)c(Nc2ccccc2S)c(S)c1. The highest BCUT2D eigenvalue weighted by molar-refractivity contribution is 7.82. The first kappa shape index (κ1) is 13.1. The van der Waals surface area contributed by atoms with Gasteiger partial charge in [-0.05, 0) is 24.3 Å². The number of nitrogens with one attached hydrogen (secondary N) is 1. The van der Waals surface area contributed by atoms with Crippen LogP contribution in [0.25, 0.3) is 0 Å². The zero-order valence-electron chi connectivity index (χ0n) is 8.75. The summed E-state index contributed by atoms with van der Waals surface area (Å²) < 4.78 is 0. The lowest BCUT2D eigenvalue weighted by atomic mass is 10.2. The molecule has 1 N–H and O–H groups in total. The molecule has 0 radical (unpaired) electrons. The van der Waals surface area contributed by atoms with E-state index in [2.05, 4.69) is 55.8 Å². The molecule has 0 saturated carbocycles. The van der Waals surface area contributed by atoms with E-state index in [9.17, 15) is 0 Å². The predicted molar refractivity (Wildman–Crippen MR) is 85.2 cm³/mol. The van der Waals surface area contributed by atoms with Crippen LogP contribution in [0.3, 0.4) is 0 Å². The fourth-order valence-corrected chi connectivity index (χ4v) is 2.84. The Morgan fingerprint density at radius 2 is 1.35 bits per heavy atom. The van der Waals surface area contributed by atoms with Gasteiger partial charge in [-0.3, -0.25) is 0 Å². The zero-order valence-corrected chi connectivity index (χ0v) is 12.3. The van der Waals surface area contributed by atoms with Crippen molar-refractivity contribution in [1.82, 2.24) is 0 Å². The zero-order chi connectivity index (χ0) is 12.4. The lowest BCUT2D eigenvalue weighted by Gasteiger charge is -2.13. The van der Waals surface area contributed by atoms with E-state index in [1.807, 2.05) is 36.4 Å². The van der Waals surface area contributed by atoms with Crippen molar-refractivity contribution >= 4 is 61.9 Å². The molecule has 2 aromatic rings. The van der Waals surface area contributed by atoms with Crippen molar-refractivity contribution in [1.29, 1.82) is 0 Å². The summed E-state index contributed by atoms with van der Waals surface area (Å²) >= 11 is 17.5. The lowest BCUT2D eigenvalue weighted by molar-refractivity contribution is 1.23. The Labute approximate surface area is 123 Å². The van der Waals surface area contributed by atoms with E-state index in [-0.39, 0.29) is 0 Å². The fraction of sp³-hybridized carbons (Fsp3) is 0. The molecular formula is C12H11NS4. The Kier molecular flexibility index (Phi) is 4.25. The van der Waals surface area contributed by atoms with Crippen molar-refractivity contribution < 1.29 is 0 Å². The van der Waals surface area contributed by atoms with Gasteiger partial charge in [0.05, 0.1) is 11.4 Å². The molecule has 0 spiro atoms. The van der Waals surface area contributed by atoms with Crippen LogP contribution in [-0.2, 0) is 0 Å². The minimum absolute atomic E-state index is 0.805. The van der Waals surface area contributed by atoms with Crippen LogP contribution in [0.5, 0.6) is 0 Å². The number of benzene rings is 2. The number of hydrogen-bond donors (Lipinski definition) is 5. The summed E-state index contributed by atoms with van der Waals surface area (Å²) in [6.45, 7) is 0. The Hall–Kier alpha value is -0.360. The Morgan fingerprint density at radius 1 is 0.765 bits per heavy atom. The van der Waals surface area contributed by atoms with Gasteiger partial charge in [-0.15, -0.1) is 50.5 Å². The van der Waals surface area contributed by atoms with Gasteiger partial charge in [-0.2, -0.15) is 0 Å². The van der Waals surface area contributed by atoms with Gasteiger partial charge in [0.25, 0.3) is 0 Å². The van der Waals surface area contributed by atoms with Crippen LogP contribution in [0.15, 0.2) is 56.0 Å². The van der Waals surface area contributed by atoms with Crippen LogP contribution in [0, 0.1) is 0 Å². The van der Waals surface area contributed by atoms with E-state index in [1.165, 1.54) is 0 Å². The monoisotopic (exact) mass is 297 g/mol. The summed E-state index contributed by atoms with van der Waals surface area (Å²) in [6, 6.07) is 11.5. The van der Waals surface area contributed by atoms with E-state index in [1.54, 1.807) is 0 Å². The van der Waals surface area contributed by atoms with Gasteiger partial charge in [0.15, 0.2) is 0 Å². The third-order valence-corrected chi connectivity index (χ3v) is 3.60. The minimum atomic E-state index is 0.805. The Morgan fingerprint density at radius 3 is 1.94 bits per heavy atom. The molecule has 0 aromatic heterocycles. The first-order valence-electron chi connectivity index (χ1n) is 4.88. The number of para-hydroxylation sites is 1. The Balaban J connectivity index is 2.40. The summed E-state index contributed by atoms with van der Waals surface area (Å²) in [4.78, 5) is 3.32. The summed E-state index contributed by atoms with van der Waals surface area (Å²) in [6.07, 6.45) is 0. The standard InChI is InChI=1S/C12H11NS4/c14-7-5-10(16)12(11(17)6-7)13-8-3-1-2-4-9(8)15/h1-6,13-17H. The molecule has 0 aliphatic rings. The average molecular weight is 297 g/mol. The summed E-state index contributed by atoms with van der Waals surface area (Å²) in [5.74, 6) is 0. The van der Waals surface area contributed by atoms with E-state index >= 15 is 0 Å². The number of anilines is 2. The van der Waals surface area contributed by atoms with Gasteiger partial charge >= 0.3 is 0 Å². The fourth-order valence-electron chi connectivity index (χ4n) is 1.44. The average Bonchev–Trinajstić information content (AvgIpc) is 2.25. The molecule has 1 nitrogen and oxygen atoms in total. The van der Waals surface area contributed by atoms with Gasteiger partial charge in [-0.1, -0.05) is 12.1 Å². The smallest absolute Gasteiger partial charge is 0.0656 e. The van der Waals surface area contributed by atoms with Crippen LogP contribution in [0.1, 0.15) is 0 Å². The molecule has 0 amide bonds. The molecule has 88 valence electrons. The van der Waals surface area contributed by atoms with Crippen molar-refractivity contribution in [2.45, 2.75) is 19.6 Å². The topological polar surface area (TPSA) is 12.0 Å². The van der Waals surface area contributed by atoms with Crippen molar-refractivity contribution in [2.75, 3.05) is 5.32 Å². The van der Waals surface area contributed by atoms with Crippen molar-refractivity contribution in [2.24, 2.45) is 0 Å². The quantitative estimate of drug-likeness (QED) is 0.511. The first-order chi connectivity index (χ1) is 8.08. The van der Waals surface area contributed by atoms with Gasteiger partial charge in [-0.25, -0.2) is 0 Å². The van der Waals surface area contributed by atoms with E-state index in [0.717, 1.165) is 31.0 Å². The molecule has 0 heterocycles. The highest BCUT2D eigenvalue weighted by Crippen LogP contribution is 2.34. The second-order valence-electron chi connectivity index (χ2n) is 3.50. The minimum Gasteiger partial charge on any atom is -0.353 e. The predicted octanol–water partition coefficient (Wildman–Crippen LogP) is 4.59. The number of rotatable bonds is 2. The van der Waals surface area contributed by atoms with E-state index < -0.39 is 0 Å². The van der Waals surface area contributed by atoms with Gasteiger partial charge in [0.1, 0.15) is 0 Å². The third kappa shape index (κ3) is 3.10. The van der Waals surface area contributed by atoms with Gasteiger partial charge < -0.3 is 5.32 Å². The highest BCUT2D eigenvalue weighted by Gasteiger charge is 2.07. The lowest BCUT2D eigenvalue weighted by Crippen LogP contribution is -1.94. The molecule has 5 heteroatoms. The molecule has 0 bridgehead atoms. The number of hydrogen-bond acceptors (Lipinski definition) is 5. The molecule has 17 heavy (non-hydrogen) atoms. The van der Waals surface area contributed by atoms with Crippen molar-refractivity contribution in [3.63, 3.8) is 0 Å². The maximum Gasteiger partial charge on any atom is 0.0656 e. The summed E-state index contributed by atoms with van der Waals surface area (Å²) in [5.41, 5.74) is 1.78. The summed E-state index contributed by atoms with van der Waals surface area (Å²) in [5, 5.41) is 3.27. The molecule has 0 aliphatic heterocycles. The Bertz CT molecular complexity index is 531. The molecule has 0 unspecified atom stereocenters. The largest absolute Gasteiger partial charge is 0.353 e. The van der Waals surface area contributed by atoms with Crippen LogP contribution >= 0.6 is 50.5 Å². The molecular weight excluding hydrogens is 286 g/mol. The molecule has 0 saturated heterocycles. The third-order valence-electron chi connectivity index (χ3n) is 2.25. The summed E-state index contributed by atoms with van der Waals surface area (Å²) in [7, 11) is 0. The molecule has 0 atom stereocenters. The van der Waals surface area contributed by atoms with Crippen LogP contribution in [0.2, 0.25) is 0 Å². The molecule has 0 aliphatic carbocycles. The normalized spacial score (nSPS) is 10.4. The van der Waals surface area contributed by atoms with E-state index in [0.29, 0.717) is 0 Å². The second-order valence-corrected chi connectivity index (χ2v) is 5.46.